The van der Waals surface area contributed by atoms with E-state index in [2.05, 4.69) is 10.4 Å². The Morgan fingerprint density at radius 2 is 2.21 bits per heavy atom. The molecule has 130 valence electrons. The summed E-state index contributed by atoms with van der Waals surface area (Å²) >= 11 is 7.90. The summed E-state index contributed by atoms with van der Waals surface area (Å²) in [5, 5.41) is 17.7. The van der Waals surface area contributed by atoms with Gasteiger partial charge in [-0.15, -0.1) is 0 Å². The molecule has 0 fully saturated rings. The molecular weight excluding hydrogens is 350 g/mol. The number of aromatic nitrogens is 2. The Morgan fingerprint density at radius 3 is 2.79 bits per heavy atom. The Kier molecular flexibility index (Phi) is 6.53. The van der Waals surface area contributed by atoms with Gasteiger partial charge in [-0.05, 0) is 24.0 Å². The van der Waals surface area contributed by atoms with Gasteiger partial charge in [-0.3, -0.25) is 4.79 Å². The summed E-state index contributed by atoms with van der Waals surface area (Å²) in [5.41, 5.74) is 2.19. The van der Waals surface area contributed by atoms with Crippen molar-refractivity contribution >= 4 is 34.8 Å². The number of hydrogen-bond donors (Lipinski definition) is 2. The molecule has 0 spiro atoms. The molecule has 2 rings (SSSR count). The molecular formula is C16H20ClN3O3S. The number of halogens is 1. The third-order valence-corrected chi connectivity index (χ3v) is 4.45. The Morgan fingerprint density at radius 1 is 1.46 bits per heavy atom. The second-order valence-electron chi connectivity index (χ2n) is 5.14. The third kappa shape index (κ3) is 3.85. The van der Waals surface area contributed by atoms with Crippen molar-refractivity contribution in [3.05, 3.63) is 40.0 Å². The fourth-order valence-corrected chi connectivity index (χ4v) is 3.16. The van der Waals surface area contributed by atoms with Gasteiger partial charge in [0.15, 0.2) is 5.78 Å². The lowest BCUT2D eigenvalue weighted by Gasteiger charge is -2.16. The van der Waals surface area contributed by atoms with E-state index in [1.807, 2.05) is 6.26 Å². The molecule has 24 heavy (non-hydrogen) atoms. The molecule has 0 aliphatic rings. The van der Waals surface area contributed by atoms with Crippen LogP contribution in [0.3, 0.4) is 0 Å². The van der Waals surface area contributed by atoms with Gasteiger partial charge in [0.25, 0.3) is 0 Å². The largest absolute Gasteiger partial charge is 0.493 e. The van der Waals surface area contributed by atoms with Gasteiger partial charge in [-0.2, -0.15) is 16.9 Å². The maximum absolute atomic E-state index is 12.9. The molecule has 0 saturated heterocycles. The van der Waals surface area contributed by atoms with Gasteiger partial charge < -0.3 is 15.2 Å². The first-order valence-electron chi connectivity index (χ1n) is 7.30. The monoisotopic (exact) mass is 369 g/mol. The molecule has 1 aromatic heterocycles. The molecule has 0 radical (unpaired) electrons. The number of hydrogen-bond acceptors (Lipinski definition) is 6. The van der Waals surface area contributed by atoms with Crippen molar-refractivity contribution in [1.29, 1.82) is 0 Å². The number of nitrogens with one attached hydrogen (secondary N) is 1. The van der Waals surface area contributed by atoms with Crippen LogP contribution in [-0.2, 0) is 17.5 Å². The van der Waals surface area contributed by atoms with E-state index in [4.69, 9.17) is 16.3 Å². The average Bonchev–Trinajstić information content (AvgIpc) is 2.89. The molecule has 0 unspecified atom stereocenters. The summed E-state index contributed by atoms with van der Waals surface area (Å²) in [6.07, 6.45) is 3.32. The standard InChI is InChI=1S/C16H20ClN3O3S/c1-20-16(22)11(8-19-20)15(21)10-4-5-13(17)14(12(10)9-24-3)18-6-7-23-2/h4-5,8,18,22H,6-7,9H2,1-3H3. The number of aromatic hydroxyl groups is 1. The number of ketones is 1. The van der Waals surface area contributed by atoms with Crippen LogP contribution in [0.5, 0.6) is 5.88 Å². The van der Waals surface area contributed by atoms with E-state index in [0.29, 0.717) is 29.5 Å². The summed E-state index contributed by atoms with van der Waals surface area (Å²) in [6, 6.07) is 3.37. The fourth-order valence-electron chi connectivity index (χ4n) is 2.33. The highest BCUT2D eigenvalue weighted by atomic mass is 35.5. The first-order valence-corrected chi connectivity index (χ1v) is 9.07. The van der Waals surface area contributed by atoms with Gasteiger partial charge >= 0.3 is 0 Å². The summed E-state index contributed by atoms with van der Waals surface area (Å²) < 4.78 is 6.31. The molecule has 0 aliphatic heterocycles. The topological polar surface area (TPSA) is 76.4 Å². The molecule has 0 bridgehead atoms. The van der Waals surface area contributed by atoms with Crippen LogP contribution in [0.25, 0.3) is 0 Å². The van der Waals surface area contributed by atoms with Gasteiger partial charge in [0.1, 0.15) is 5.56 Å². The van der Waals surface area contributed by atoms with Crippen molar-refractivity contribution in [2.45, 2.75) is 5.75 Å². The van der Waals surface area contributed by atoms with Crippen LogP contribution >= 0.6 is 23.4 Å². The van der Waals surface area contributed by atoms with Crippen LogP contribution < -0.4 is 5.32 Å². The molecule has 0 amide bonds. The first kappa shape index (κ1) is 18.6. The highest BCUT2D eigenvalue weighted by molar-refractivity contribution is 7.97. The van der Waals surface area contributed by atoms with Crippen LogP contribution in [-0.4, -0.2) is 47.2 Å². The molecule has 6 nitrogen and oxygen atoms in total. The highest BCUT2D eigenvalue weighted by Gasteiger charge is 2.22. The molecule has 1 heterocycles. The summed E-state index contributed by atoms with van der Waals surface area (Å²) in [4.78, 5) is 12.9. The van der Waals surface area contributed by atoms with E-state index in [1.54, 1.807) is 38.1 Å². The smallest absolute Gasteiger partial charge is 0.220 e. The molecule has 0 saturated carbocycles. The van der Waals surface area contributed by atoms with Crippen LogP contribution in [0.1, 0.15) is 21.5 Å². The minimum atomic E-state index is -0.281. The lowest BCUT2D eigenvalue weighted by molar-refractivity contribution is 0.103. The zero-order chi connectivity index (χ0) is 17.7. The first-order chi connectivity index (χ1) is 11.5. The zero-order valence-electron chi connectivity index (χ0n) is 13.8. The number of benzene rings is 1. The minimum absolute atomic E-state index is 0.154. The van der Waals surface area contributed by atoms with Crippen LogP contribution in [0, 0.1) is 0 Å². The van der Waals surface area contributed by atoms with Crippen LogP contribution in [0.15, 0.2) is 18.3 Å². The van der Waals surface area contributed by atoms with Crippen molar-refractivity contribution in [2.75, 3.05) is 31.8 Å². The summed E-state index contributed by atoms with van der Waals surface area (Å²) in [5.74, 6) is 0.174. The molecule has 1 aromatic carbocycles. The van der Waals surface area contributed by atoms with Crippen molar-refractivity contribution in [3.8, 4) is 5.88 Å². The predicted octanol–water partition coefficient (Wildman–Crippen LogP) is 2.93. The van der Waals surface area contributed by atoms with Crippen molar-refractivity contribution in [3.63, 3.8) is 0 Å². The van der Waals surface area contributed by atoms with Gasteiger partial charge in [-0.1, -0.05) is 11.6 Å². The van der Waals surface area contributed by atoms with Crippen molar-refractivity contribution in [1.82, 2.24) is 9.78 Å². The zero-order valence-corrected chi connectivity index (χ0v) is 15.4. The van der Waals surface area contributed by atoms with Gasteiger partial charge in [0.2, 0.25) is 5.88 Å². The Labute approximate surface area is 150 Å². The lowest BCUT2D eigenvalue weighted by atomic mass is 9.99. The predicted molar refractivity (Wildman–Crippen MR) is 97.3 cm³/mol. The van der Waals surface area contributed by atoms with Gasteiger partial charge in [0, 0.05) is 32.0 Å². The number of rotatable bonds is 8. The highest BCUT2D eigenvalue weighted by Crippen LogP contribution is 2.33. The molecule has 2 aromatic rings. The fraction of sp³-hybridized carbons (Fsp3) is 0.375. The number of carbonyl (C=O) groups is 1. The minimum Gasteiger partial charge on any atom is -0.493 e. The second kappa shape index (κ2) is 8.41. The Balaban J connectivity index is 2.46. The molecule has 2 N–H and O–H groups in total. The molecule has 0 atom stereocenters. The maximum atomic E-state index is 12.9. The molecule has 8 heteroatoms. The third-order valence-electron chi connectivity index (χ3n) is 3.56. The number of aryl methyl sites for hydroxylation is 1. The van der Waals surface area contributed by atoms with E-state index in [1.165, 1.54) is 10.9 Å². The quantitative estimate of drug-likeness (QED) is 0.550. The number of thioether (sulfide) groups is 1. The Bertz CT molecular complexity index is 734. The van der Waals surface area contributed by atoms with E-state index >= 15 is 0 Å². The lowest BCUT2D eigenvalue weighted by Crippen LogP contribution is -2.13. The summed E-state index contributed by atoms with van der Waals surface area (Å²) in [6.45, 7) is 1.10. The number of methoxy groups -OCH3 is 1. The number of ether oxygens (including phenoxy) is 1. The normalized spacial score (nSPS) is 10.8. The van der Waals surface area contributed by atoms with Crippen LogP contribution in [0.4, 0.5) is 5.69 Å². The second-order valence-corrected chi connectivity index (χ2v) is 6.41. The van der Waals surface area contributed by atoms with Gasteiger partial charge in [0.05, 0.1) is 23.5 Å². The SMILES string of the molecule is COCCNc1c(Cl)ccc(C(=O)c2cnn(C)c2O)c1CSC. The number of nitrogens with zero attached hydrogens (tertiary/aromatic N) is 2. The number of carbonyl (C=O) groups excluding carboxylic acids is 1. The van der Waals surface area contributed by atoms with E-state index in [-0.39, 0.29) is 17.2 Å². The maximum Gasteiger partial charge on any atom is 0.220 e. The van der Waals surface area contributed by atoms with Crippen LogP contribution in [0.2, 0.25) is 5.02 Å². The molecule has 0 aliphatic carbocycles. The van der Waals surface area contributed by atoms with Crippen molar-refractivity contribution < 1.29 is 14.6 Å². The average molecular weight is 370 g/mol. The summed E-state index contributed by atoms with van der Waals surface area (Å²) in [7, 11) is 3.20. The van der Waals surface area contributed by atoms with Gasteiger partial charge in [-0.25, -0.2) is 4.68 Å². The Hall–Kier alpha value is -1.70. The number of anilines is 1. The van der Waals surface area contributed by atoms with E-state index < -0.39 is 0 Å². The van der Waals surface area contributed by atoms with Crippen molar-refractivity contribution in [2.24, 2.45) is 7.05 Å². The van der Waals surface area contributed by atoms with E-state index in [0.717, 1.165) is 11.3 Å². The van der Waals surface area contributed by atoms with E-state index in [9.17, 15) is 9.90 Å².